The summed E-state index contributed by atoms with van der Waals surface area (Å²) in [6, 6.07) is 22.2. The summed E-state index contributed by atoms with van der Waals surface area (Å²) in [4.78, 5) is 29.0. The Hall–Kier alpha value is -3.51. The topological polar surface area (TPSA) is 67.9 Å². The van der Waals surface area contributed by atoms with E-state index in [1.54, 1.807) is 11.0 Å². The van der Waals surface area contributed by atoms with Gasteiger partial charge in [-0.05, 0) is 75.1 Å². The Morgan fingerprint density at radius 1 is 0.846 bits per heavy atom. The minimum absolute atomic E-state index is 0.0558. The number of rotatable bonds is 14. The molecule has 0 aliphatic carbocycles. The van der Waals surface area contributed by atoms with Gasteiger partial charge in [-0.2, -0.15) is 0 Å². The first-order valence-corrected chi connectivity index (χ1v) is 13.9. The van der Waals surface area contributed by atoms with Crippen LogP contribution in [0.4, 0.5) is 0 Å². The van der Waals surface area contributed by atoms with Crippen LogP contribution in [0.15, 0.2) is 72.8 Å². The van der Waals surface area contributed by atoms with Crippen molar-refractivity contribution in [2.75, 3.05) is 13.2 Å². The molecule has 0 bridgehead atoms. The first kappa shape index (κ1) is 30.0. The highest BCUT2D eigenvalue weighted by molar-refractivity contribution is 6.30. The Morgan fingerprint density at radius 3 is 2.21 bits per heavy atom. The summed E-state index contributed by atoms with van der Waals surface area (Å²) < 4.78 is 11.4. The maximum Gasteiger partial charge on any atom is 0.243 e. The third-order valence-electron chi connectivity index (χ3n) is 6.18. The molecule has 1 atom stereocenters. The van der Waals surface area contributed by atoms with Crippen LogP contribution in [0.25, 0.3) is 0 Å². The Bertz CT molecular complexity index is 1220. The fourth-order valence-corrected chi connectivity index (χ4v) is 4.63. The highest BCUT2D eigenvalue weighted by atomic mass is 35.5. The van der Waals surface area contributed by atoms with Crippen LogP contribution >= 0.6 is 11.6 Å². The molecule has 0 aromatic heterocycles. The Balaban J connectivity index is 1.90. The molecular weight excluding hydrogens is 512 g/mol. The van der Waals surface area contributed by atoms with Gasteiger partial charge in [-0.25, -0.2) is 0 Å². The molecule has 2 amide bonds. The second kappa shape index (κ2) is 15.2. The van der Waals surface area contributed by atoms with Crippen LogP contribution in [0, 0.1) is 0 Å². The van der Waals surface area contributed by atoms with Gasteiger partial charge in [-0.3, -0.25) is 9.59 Å². The molecule has 0 saturated heterocycles. The van der Waals surface area contributed by atoms with E-state index in [9.17, 15) is 9.59 Å². The van der Waals surface area contributed by atoms with Gasteiger partial charge in [0.1, 0.15) is 6.04 Å². The maximum atomic E-state index is 13.9. The predicted molar refractivity (Wildman–Crippen MR) is 156 cm³/mol. The van der Waals surface area contributed by atoms with Gasteiger partial charge in [0.25, 0.3) is 0 Å². The SMILES string of the molecule is CCOc1ccc(CCC(=O)N(Cc2cccc(Cl)c2)[C@H](Cc2ccccc2)C(=O)NC(C)C)cc1OCC. The van der Waals surface area contributed by atoms with Crippen LogP contribution < -0.4 is 14.8 Å². The number of aryl methyl sites for hydroxylation is 1. The van der Waals surface area contributed by atoms with Crippen molar-refractivity contribution >= 4 is 23.4 Å². The van der Waals surface area contributed by atoms with Crippen molar-refractivity contribution in [2.24, 2.45) is 0 Å². The molecule has 3 aromatic carbocycles. The zero-order valence-corrected chi connectivity index (χ0v) is 24.0. The number of amides is 2. The second-order valence-corrected chi connectivity index (χ2v) is 10.1. The zero-order valence-electron chi connectivity index (χ0n) is 23.3. The van der Waals surface area contributed by atoms with Gasteiger partial charge in [-0.15, -0.1) is 0 Å². The van der Waals surface area contributed by atoms with Gasteiger partial charge in [0, 0.05) is 30.5 Å². The van der Waals surface area contributed by atoms with Crippen LogP contribution in [0.2, 0.25) is 5.02 Å². The monoisotopic (exact) mass is 550 g/mol. The highest BCUT2D eigenvalue weighted by Gasteiger charge is 2.30. The van der Waals surface area contributed by atoms with Gasteiger partial charge in [-0.1, -0.05) is 60.1 Å². The number of benzene rings is 3. The standard InChI is InChI=1S/C32H39ClN2O4/c1-5-38-29-17-15-25(21-30(29)39-6-2)16-18-31(36)35(22-26-13-10-14-27(33)19-26)28(32(37)34-23(3)4)20-24-11-8-7-9-12-24/h7-15,17,19,21,23,28H,5-6,16,18,20,22H2,1-4H3,(H,34,37)/t28-/m1/s1. The van der Waals surface area contributed by atoms with E-state index in [0.717, 1.165) is 16.7 Å². The van der Waals surface area contributed by atoms with E-state index in [1.807, 2.05) is 94.4 Å². The van der Waals surface area contributed by atoms with E-state index in [0.29, 0.717) is 42.6 Å². The van der Waals surface area contributed by atoms with Gasteiger partial charge >= 0.3 is 0 Å². The highest BCUT2D eigenvalue weighted by Crippen LogP contribution is 2.29. The lowest BCUT2D eigenvalue weighted by molar-refractivity contribution is -0.141. The van der Waals surface area contributed by atoms with Crippen LogP contribution in [0.1, 0.15) is 50.8 Å². The summed E-state index contributed by atoms with van der Waals surface area (Å²) >= 11 is 6.26. The molecule has 0 fully saturated rings. The fraction of sp³-hybridized carbons (Fsp3) is 0.375. The molecule has 0 spiro atoms. The van der Waals surface area contributed by atoms with E-state index >= 15 is 0 Å². The molecule has 0 unspecified atom stereocenters. The molecule has 39 heavy (non-hydrogen) atoms. The van der Waals surface area contributed by atoms with Crippen molar-refractivity contribution in [1.82, 2.24) is 10.2 Å². The van der Waals surface area contributed by atoms with Crippen molar-refractivity contribution in [2.45, 2.75) is 65.6 Å². The summed E-state index contributed by atoms with van der Waals surface area (Å²) in [5.41, 5.74) is 2.81. The molecule has 0 radical (unpaired) electrons. The molecule has 0 aliphatic rings. The maximum absolute atomic E-state index is 13.9. The summed E-state index contributed by atoms with van der Waals surface area (Å²) in [6.45, 7) is 9.02. The molecule has 7 heteroatoms. The lowest BCUT2D eigenvalue weighted by Crippen LogP contribution is -2.51. The molecule has 0 aliphatic heterocycles. The van der Waals surface area contributed by atoms with E-state index in [4.69, 9.17) is 21.1 Å². The summed E-state index contributed by atoms with van der Waals surface area (Å²) in [6.07, 6.45) is 1.14. The molecular formula is C32H39ClN2O4. The number of carbonyl (C=O) groups excluding carboxylic acids is 2. The van der Waals surface area contributed by atoms with E-state index < -0.39 is 6.04 Å². The molecule has 3 aromatic rings. The lowest BCUT2D eigenvalue weighted by Gasteiger charge is -2.32. The van der Waals surface area contributed by atoms with E-state index in [1.165, 1.54) is 0 Å². The molecule has 3 rings (SSSR count). The van der Waals surface area contributed by atoms with Crippen LogP contribution in [0.5, 0.6) is 11.5 Å². The van der Waals surface area contributed by atoms with E-state index in [-0.39, 0.29) is 30.8 Å². The molecule has 208 valence electrons. The molecule has 0 saturated carbocycles. The van der Waals surface area contributed by atoms with Crippen molar-refractivity contribution in [3.05, 3.63) is 94.5 Å². The Kier molecular flexibility index (Phi) is 11.7. The number of ether oxygens (including phenoxy) is 2. The van der Waals surface area contributed by atoms with Crippen LogP contribution in [-0.2, 0) is 29.0 Å². The van der Waals surface area contributed by atoms with Crippen LogP contribution in [0.3, 0.4) is 0 Å². The Labute approximate surface area is 237 Å². The van der Waals surface area contributed by atoms with Crippen molar-refractivity contribution in [1.29, 1.82) is 0 Å². The second-order valence-electron chi connectivity index (χ2n) is 9.67. The zero-order chi connectivity index (χ0) is 28.2. The third kappa shape index (κ3) is 9.32. The van der Waals surface area contributed by atoms with Crippen molar-refractivity contribution < 1.29 is 19.1 Å². The van der Waals surface area contributed by atoms with Crippen molar-refractivity contribution in [3.8, 4) is 11.5 Å². The fourth-order valence-electron chi connectivity index (χ4n) is 4.41. The quantitative estimate of drug-likeness (QED) is 0.258. The summed E-state index contributed by atoms with van der Waals surface area (Å²) in [5, 5.41) is 3.61. The molecule has 6 nitrogen and oxygen atoms in total. The average Bonchev–Trinajstić information content (AvgIpc) is 2.91. The van der Waals surface area contributed by atoms with Gasteiger partial charge in [0.05, 0.1) is 13.2 Å². The Morgan fingerprint density at radius 2 is 1.54 bits per heavy atom. The first-order chi connectivity index (χ1) is 18.8. The summed E-state index contributed by atoms with van der Waals surface area (Å²) in [7, 11) is 0. The minimum atomic E-state index is -0.680. The number of carbonyl (C=O) groups is 2. The van der Waals surface area contributed by atoms with Crippen LogP contribution in [-0.4, -0.2) is 42.0 Å². The smallest absolute Gasteiger partial charge is 0.243 e. The van der Waals surface area contributed by atoms with Gasteiger partial charge in [0.2, 0.25) is 11.8 Å². The normalized spacial score (nSPS) is 11.6. The number of nitrogens with zero attached hydrogens (tertiary/aromatic N) is 1. The predicted octanol–water partition coefficient (Wildman–Crippen LogP) is 6.23. The summed E-state index contributed by atoms with van der Waals surface area (Å²) in [5.74, 6) is 1.06. The molecule has 0 heterocycles. The third-order valence-corrected chi connectivity index (χ3v) is 6.41. The van der Waals surface area contributed by atoms with Gasteiger partial charge in [0.15, 0.2) is 11.5 Å². The minimum Gasteiger partial charge on any atom is -0.490 e. The number of halogens is 1. The largest absolute Gasteiger partial charge is 0.490 e. The number of hydrogen-bond donors (Lipinski definition) is 1. The average molecular weight is 551 g/mol. The van der Waals surface area contributed by atoms with E-state index in [2.05, 4.69) is 5.32 Å². The first-order valence-electron chi connectivity index (χ1n) is 13.6. The number of hydrogen-bond acceptors (Lipinski definition) is 4. The number of nitrogens with one attached hydrogen (secondary N) is 1. The van der Waals surface area contributed by atoms with Gasteiger partial charge < -0.3 is 19.7 Å². The molecule has 1 N–H and O–H groups in total. The van der Waals surface area contributed by atoms with Crippen molar-refractivity contribution in [3.63, 3.8) is 0 Å². The lowest BCUT2D eigenvalue weighted by atomic mass is 10.0.